The second-order valence-corrected chi connectivity index (χ2v) is 10.3. The van der Waals surface area contributed by atoms with Gasteiger partial charge in [0.2, 0.25) is 15.9 Å². The smallest absolute Gasteiger partial charge is 0.243 e. The molecular formula is C22H28N2O4S. The zero-order valence-corrected chi connectivity index (χ0v) is 18.3. The largest absolute Gasteiger partial charge is 0.487 e. The van der Waals surface area contributed by atoms with Crippen LogP contribution in [0.4, 0.5) is 0 Å². The molecule has 2 aromatic rings. The molecule has 0 radical (unpaired) electrons. The number of likely N-dealkylation sites (N-methyl/N-ethyl adjacent to an activating group) is 1. The van der Waals surface area contributed by atoms with Crippen molar-refractivity contribution in [2.24, 2.45) is 0 Å². The van der Waals surface area contributed by atoms with E-state index in [0.717, 1.165) is 27.4 Å². The first kappa shape index (κ1) is 21.3. The van der Waals surface area contributed by atoms with Crippen LogP contribution in [0.15, 0.2) is 48.5 Å². The van der Waals surface area contributed by atoms with Crippen LogP contribution in [0.3, 0.4) is 0 Å². The number of amides is 1. The molecule has 0 aliphatic carbocycles. The third-order valence-electron chi connectivity index (χ3n) is 5.19. The molecule has 1 heterocycles. The van der Waals surface area contributed by atoms with Crippen molar-refractivity contribution in [2.45, 2.75) is 44.9 Å². The van der Waals surface area contributed by atoms with Gasteiger partial charge in [-0.2, -0.15) is 4.31 Å². The molecule has 2 atom stereocenters. The molecule has 0 spiro atoms. The summed E-state index contributed by atoms with van der Waals surface area (Å²) in [5.74, 6) is 0.379. The van der Waals surface area contributed by atoms with Crippen LogP contribution in [0.2, 0.25) is 0 Å². The molecule has 6 nitrogen and oxygen atoms in total. The lowest BCUT2D eigenvalue weighted by Gasteiger charge is -2.39. The minimum absolute atomic E-state index is 0.277. The SMILES string of the molecule is Cc1ccc2c(c1)C(NC(=O)C(c1ccccc1)N(C)S(C)(=O)=O)CC(C)(C)O2. The zero-order valence-electron chi connectivity index (χ0n) is 17.5. The monoisotopic (exact) mass is 416 g/mol. The van der Waals surface area contributed by atoms with Gasteiger partial charge in [-0.1, -0.05) is 48.0 Å². The zero-order chi connectivity index (χ0) is 21.4. The van der Waals surface area contributed by atoms with Crippen LogP contribution in [-0.4, -0.2) is 37.5 Å². The lowest BCUT2D eigenvalue weighted by Crippen LogP contribution is -2.46. The number of ether oxygens (including phenoxy) is 1. The van der Waals surface area contributed by atoms with Crippen LogP contribution < -0.4 is 10.1 Å². The Morgan fingerprint density at radius 3 is 2.48 bits per heavy atom. The van der Waals surface area contributed by atoms with Gasteiger partial charge in [0.05, 0.1) is 12.3 Å². The van der Waals surface area contributed by atoms with Crippen molar-refractivity contribution in [3.05, 3.63) is 65.2 Å². The quantitative estimate of drug-likeness (QED) is 0.811. The van der Waals surface area contributed by atoms with E-state index in [2.05, 4.69) is 5.32 Å². The Morgan fingerprint density at radius 2 is 1.86 bits per heavy atom. The van der Waals surface area contributed by atoms with Gasteiger partial charge in [-0.05, 0) is 32.4 Å². The average Bonchev–Trinajstić information content (AvgIpc) is 2.62. The number of carbonyl (C=O) groups is 1. The molecule has 3 rings (SSSR count). The first-order chi connectivity index (χ1) is 13.5. The summed E-state index contributed by atoms with van der Waals surface area (Å²) in [6.45, 7) is 5.95. The molecule has 1 aliphatic heterocycles. The van der Waals surface area contributed by atoms with Crippen molar-refractivity contribution in [3.63, 3.8) is 0 Å². The summed E-state index contributed by atoms with van der Waals surface area (Å²) in [6.07, 6.45) is 1.69. The number of aryl methyl sites for hydroxylation is 1. The van der Waals surface area contributed by atoms with Crippen LogP contribution in [0.25, 0.3) is 0 Å². The van der Waals surface area contributed by atoms with Crippen LogP contribution in [-0.2, 0) is 14.8 Å². The summed E-state index contributed by atoms with van der Waals surface area (Å²) >= 11 is 0. The average molecular weight is 417 g/mol. The molecule has 0 saturated carbocycles. The van der Waals surface area contributed by atoms with E-state index in [9.17, 15) is 13.2 Å². The fraction of sp³-hybridized carbons (Fsp3) is 0.409. The van der Waals surface area contributed by atoms with Crippen molar-refractivity contribution in [2.75, 3.05) is 13.3 Å². The van der Waals surface area contributed by atoms with Crippen LogP contribution in [0, 0.1) is 6.92 Å². The maximum Gasteiger partial charge on any atom is 0.243 e. The van der Waals surface area contributed by atoms with Gasteiger partial charge in [-0.3, -0.25) is 4.79 Å². The molecule has 29 heavy (non-hydrogen) atoms. The summed E-state index contributed by atoms with van der Waals surface area (Å²) in [5, 5.41) is 3.08. The van der Waals surface area contributed by atoms with Gasteiger partial charge in [-0.25, -0.2) is 8.42 Å². The first-order valence-corrected chi connectivity index (χ1v) is 11.4. The molecule has 1 amide bonds. The van der Waals surface area contributed by atoms with Crippen LogP contribution in [0.5, 0.6) is 5.75 Å². The van der Waals surface area contributed by atoms with E-state index in [1.165, 1.54) is 7.05 Å². The summed E-state index contributed by atoms with van der Waals surface area (Å²) < 4.78 is 31.6. The minimum Gasteiger partial charge on any atom is -0.487 e. The van der Waals surface area contributed by atoms with Crippen LogP contribution >= 0.6 is 0 Å². The van der Waals surface area contributed by atoms with Crippen molar-refractivity contribution in [1.82, 2.24) is 9.62 Å². The van der Waals surface area contributed by atoms with E-state index >= 15 is 0 Å². The minimum atomic E-state index is -3.58. The van der Waals surface area contributed by atoms with E-state index in [1.54, 1.807) is 24.3 Å². The Labute approximate surface area is 172 Å². The summed E-state index contributed by atoms with van der Waals surface area (Å²) in [4.78, 5) is 13.3. The van der Waals surface area contributed by atoms with Gasteiger partial charge in [0.1, 0.15) is 17.4 Å². The van der Waals surface area contributed by atoms with E-state index in [-0.39, 0.29) is 11.9 Å². The molecular weight excluding hydrogens is 388 g/mol. The van der Waals surface area contributed by atoms with Crippen molar-refractivity contribution in [3.8, 4) is 5.75 Å². The van der Waals surface area contributed by atoms with E-state index in [1.807, 2.05) is 45.0 Å². The molecule has 0 fully saturated rings. The summed E-state index contributed by atoms with van der Waals surface area (Å²) in [6, 6.07) is 13.6. The van der Waals surface area contributed by atoms with Gasteiger partial charge in [-0.15, -0.1) is 0 Å². The second-order valence-electron chi connectivity index (χ2n) is 8.26. The lowest BCUT2D eigenvalue weighted by atomic mass is 9.88. The van der Waals surface area contributed by atoms with Gasteiger partial charge >= 0.3 is 0 Å². The molecule has 0 aromatic heterocycles. The van der Waals surface area contributed by atoms with Crippen LogP contribution in [0.1, 0.15) is 49.0 Å². The van der Waals surface area contributed by atoms with E-state index in [4.69, 9.17) is 4.74 Å². The Balaban J connectivity index is 1.97. The number of nitrogens with one attached hydrogen (secondary N) is 1. The highest BCUT2D eigenvalue weighted by Gasteiger charge is 2.37. The third-order valence-corrected chi connectivity index (χ3v) is 6.45. The normalized spacial score (nSPS) is 19.2. The topological polar surface area (TPSA) is 75.7 Å². The van der Waals surface area contributed by atoms with E-state index < -0.39 is 21.7 Å². The highest BCUT2D eigenvalue weighted by atomic mass is 32.2. The van der Waals surface area contributed by atoms with Gasteiger partial charge in [0.25, 0.3) is 0 Å². The molecule has 0 bridgehead atoms. The number of benzene rings is 2. The van der Waals surface area contributed by atoms with Crippen molar-refractivity contribution >= 4 is 15.9 Å². The molecule has 1 aliphatic rings. The van der Waals surface area contributed by atoms with Crippen molar-refractivity contribution < 1.29 is 17.9 Å². The fourth-order valence-electron chi connectivity index (χ4n) is 3.71. The highest BCUT2D eigenvalue weighted by Crippen LogP contribution is 2.40. The van der Waals surface area contributed by atoms with Gasteiger partial charge in [0, 0.05) is 19.0 Å². The fourth-order valence-corrected chi connectivity index (χ4v) is 4.31. The Bertz CT molecular complexity index is 1000. The third kappa shape index (κ3) is 4.79. The molecule has 7 heteroatoms. The molecule has 2 unspecified atom stereocenters. The number of rotatable bonds is 5. The predicted octanol–water partition coefficient (Wildman–Crippen LogP) is 3.35. The number of hydrogen-bond donors (Lipinski definition) is 1. The molecule has 1 N–H and O–H groups in total. The Morgan fingerprint density at radius 1 is 1.21 bits per heavy atom. The lowest BCUT2D eigenvalue weighted by molar-refractivity contribution is -0.126. The molecule has 156 valence electrons. The molecule has 0 saturated heterocycles. The second kappa shape index (κ2) is 7.80. The maximum absolute atomic E-state index is 13.3. The standard InChI is InChI=1S/C22H28N2O4S/c1-15-11-12-19-17(13-15)18(14-22(2,3)28-19)23-21(25)20(24(4)29(5,26)27)16-9-7-6-8-10-16/h6-13,18,20H,14H2,1-5H3,(H,23,25). The number of sulfonamides is 1. The summed E-state index contributed by atoms with van der Waals surface area (Å²) in [7, 11) is -2.15. The maximum atomic E-state index is 13.3. The highest BCUT2D eigenvalue weighted by molar-refractivity contribution is 7.88. The Kier molecular flexibility index (Phi) is 5.74. The first-order valence-electron chi connectivity index (χ1n) is 9.56. The van der Waals surface area contributed by atoms with Crippen molar-refractivity contribution in [1.29, 1.82) is 0 Å². The number of carbonyl (C=O) groups excluding carboxylic acids is 1. The Hall–Kier alpha value is -2.38. The number of hydrogen-bond acceptors (Lipinski definition) is 4. The molecule has 2 aromatic carbocycles. The van der Waals surface area contributed by atoms with E-state index in [0.29, 0.717) is 12.0 Å². The van der Waals surface area contributed by atoms with Gasteiger partial charge < -0.3 is 10.1 Å². The summed E-state index contributed by atoms with van der Waals surface area (Å²) in [5.41, 5.74) is 2.14. The van der Waals surface area contributed by atoms with Gasteiger partial charge in [0.15, 0.2) is 0 Å². The number of fused-ring (bicyclic) bond motifs is 1. The predicted molar refractivity (Wildman–Crippen MR) is 113 cm³/mol. The number of nitrogens with zero attached hydrogens (tertiary/aromatic N) is 1.